The molecule has 0 aliphatic carbocycles. The average Bonchev–Trinajstić information content (AvgIpc) is 2.95. The van der Waals surface area contributed by atoms with E-state index in [1.54, 1.807) is 17.1 Å². The van der Waals surface area contributed by atoms with Crippen LogP contribution < -0.4 is 5.56 Å². The molecule has 0 bridgehead atoms. The van der Waals surface area contributed by atoms with E-state index in [1.165, 1.54) is 15.9 Å². The van der Waals surface area contributed by atoms with Gasteiger partial charge in [0.15, 0.2) is 0 Å². The van der Waals surface area contributed by atoms with Gasteiger partial charge in [0, 0.05) is 7.05 Å². The Morgan fingerprint density at radius 3 is 3.00 bits per heavy atom. The van der Waals surface area contributed by atoms with E-state index in [-0.39, 0.29) is 5.56 Å². The van der Waals surface area contributed by atoms with Crippen LogP contribution in [-0.2, 0) is 13.6 Å². The zero-order valence-corrected chi connectivity index (χ0v) is 11.1. The fraction of sp³-hybridized carbons (Fsp3) is 0.182. The zero-order chi connectivity index (χ0) is 12.7. The fourth-order valence-corrected chi connectivity index (χ4v) is 2.65. The number of hydrogen-bond donors (Lipinski definition) is 0. The minimum atomic E-state index is -0.0471. The standard InChI is InChI=1S/C11H9ClN4OS/c1-15-8(12)4-13-9(15)5-16-6-14-7-2-3-18-10(7)11(16)17/h2-4,6H,5H2,1H3. The van der Waals surface area contributed by atoms with E-state index < -0.39 is 0 Å². The molecule has 92 valence electrons. The van der Waals surface area contributed by atoms with Crippen LogP contribution in [0.2, 0.25) is 5.15 Å². The summed E-state index contributed by atoms with van der Waals surface area (Å²) in [7, 11) is 1.81. The Hall–Kier alpha value is -1.66. The van der Waals surface area contributed by atoms with Gasteiger partial charge in [-0.1, -0.05) is 11.6 Å². The third kappa shape index (κ3) is 1.74. The predicted molar refractivity (Wildman–Crippen MR) is 71.2 cm³/mol. The van der Waals surface area contributed by atoms with E-state index in [0.717, 1.165) is 11.3 Å². The lowest BCUT2D eigenvalue weighted by molar-refractivity contribution is 0.674. The maximum Gasteiger partial charge on any atom is 0.271 e. The van der Waals surface area contributed by atoms with E-state index >= 15 is 0 Å². The molecule has 0 radical (unpaired) electrons. The molecule has 7 heteroatoms. The molecule has 0 spiro atoms. The lowest BCUT2D eigenvalue weighted by atomic mass is 10.4. The second-order valence-corrected chi connectivity index (χ2v) is 5.17. The third-order valence-corrected chi connectivity index (χ3v) is 4.02. The summed E-state index contributed by atoms with van der Waals surface area (Å²) >= 11 is 7.31. The molecular formula is C11H9ClN4OS. The number of nitrogens with zero attached hydrogens (tertiary/aromatic N) is 4. The molecule has 0 atom stereocenters. The van der Waals surface area contributed by atoms with Crippen LogP contribution in [0.5, 0.6) is 0 Å². The van der Waals surface area contributed by atoms with Gasteiger partial charge in [0.2, 0.25) is 0 Å². The monoisotopic (exact) mass is 280 g/mol. The molecular weight excluding hydrogens is 272 g/mol. The summed E-state index contributed by atoms with van der Waals surface area (Å²) in [5.74, 6) is 0.722. The normalized spacial score (nSPS) is 11.2. The van der Waals surface area contributed by atoms with Crippen LogP contribution >= 0.6 is 22.9 Å². The third-order valence-electron chi connectivity index (χ3n) is 2.78. The Morgan fingerprint density at radius 2 is 2.28 bits per heavy atom. The Kier molecular flexibility index (Phi) is 2.68. The summed E-state index contributed by atoms with van der Waals surface area (Å²) < 4.78 is 3.95. The van der Waals surface area contributed by atoms with Crippen molar-refractivity contribution in [2.24, 2.45) is 7.05 Å². The Bertz CT molecular complexity index is 773. The van der Waals surface area contributed by atoms with Crippen LogP contribution in [0.25, 0.3) is 10.2 Å². The molecule has 0 saturated carbocycles. The zero-order valence-electron chi connectivity index (χ0n) is 9.50. The van der Waals surface area contributed by atoms with Crippen molar-refractivity contribution in [3.05, 3.63) is 45.3 Å². The molecule has 0 unspecified atom stereocenters. The van der Waals surface area contributed by atoms with Crippen molar-refractivity contribution in [3.63, 3.8) is 0 Å². The molecule has 0 N–H and O–H groups in total. The van der Waals surface area contributed by atoms with Gasteiger partial charge in [-0.25, -0.2) is 9.97 Å². The largest absolute Gasteiger partial charge is 0.321 e. The van der Waals surface area contributed by atoms with E-state index in [0.29, 0.717) is 16.4 Å². The maximum absolute atomic E-state index is 12.2. The van der Waals surface area contributed by atoms with Crippen molar-refractivity contribution in [1.82, 2.24) is 19.1 Å². The van der Waals surface area contributed by atoms with E-state index in [4.69, 9.17) is 11.6 Å². The molecule has 3 heterocycles. The first-order chi connectivity index (χ1) is 8.66. The van der Waals surface area contributed by atoms with E-state index in [9.17, 15) is 4.79 Å². The van der Waals surface area contributed by atoms with Crippen LogP contribution in [0.1, 0.15) is 5.82 Å². The smallest absolute Gasteiger partial charge is 0.271 e. The highest BCUT2D eigenvalue weighted by atomic mass is 35.5. The van der Waals surface area contributed by atoms with Crippen LogP contribution in [0.15, 0.2) is 28.8 Å². The Morgan fingerprint density at radius 1 is 1.44 bits per heavy atom. The van der Waals surface area contributed by atoms with Crippen LogP contribution in [-0.4, -0.2) is 19.1 Å². The molecule has 3 rings (SSSR count). The van der Waals surface area contributed by atoms with Gasteiger partial charge < -0.3 is 4.57 Å². The summed E-state index contributed by atoms with van der Waals surface area (Å²) in [6.45, 7) is 0.364. The van der Waals surface area contributed by atoms with Gasteiger partial charge in [0.1, 0.15) is 15.7 Å². The summed E-state index contributed by atoms with van der Waals surface area (Å²) in [6, 6.07) is 1.84. The molecule has 0 saturated heterocycles. The molecule has 0 aliphatic rings. The second kappa shape index (κ2) is 4.22. The minimum absolute atomic E-state index is 0.0471. The first-order valence-corrected chi connectivity index (χ1v) is 6.51. The summed E-state index contributed by atoms with van der Waals surface area (Å²) in [5.41, 5.74) is 0.688. The highest BCUT2D eigenvalue weighted by Crippen LogP contribution is 2.14. The lowest BCUT2D eigenvalue weighted by Crippen LogP contribution is -2.21. The van der Waals surface area contributed by atoms with Crippen LogP contribution in [0.3, 0.4) is 0 Å². The Labute approximate surface area is 111 Å². The van der Waals surface area contributed by atoms with Crippen molar-refractivity contribution < 1.29 is 0 Å². The first-order valence-electron chi connectivity index (χ1n) is 5.25. The molecule has 0 aliphatic heterocycles. The summed E-state index contributed by atoms with van der Waals surface area (Å²) in [5, 5.41) is 2.41. The van der Waals surface area contributed by atoms with Crippen molar-refractivity contribution in [1.29, 1.82) is 0 Å². The lowest BCUT2D eigenvalue weighted by Gasteiger charge is -2.05. The number of aromatic nitrogens is 4. The average molecular weight is 281 g/mol. The van der Waals surface area contributed by atoms with Crippen molar-refractivity contribution in [3.8, 4) is 0 Å². The predicted octanol–water partition coefficient (Wildman–Crippen LogP) is 1.89. The van der Waals surface area contributed by atoms with E-state index in [2.05, 4.69) is 9.97 Å². The Balaban J connectivity index is 2.07. The molecule has 3 aromatic heterocycles. The number of hydrogen-bond acceptors (Lipinski definition) is 4. The topological polar surface area (TPSA) is 52.7 Å². The van der Waals surface area contributed by atoms with Crippen LogP contribution in [0, 0.1) is 0 Å². The van der Waals surface area contributed by atoms with Gasteiger partial charge in [-0.2, -0.15) is 0 Å². The number of imidazole rings is 1. The summed E-state index contributed by atoms with van der Waals surface area (Å²) in [4.78, 5) is 20.6. The molecule has 18 heavy (non-hydrogen) atoms. The molecule has 0 fully saturated rings. The highest BCUT2D eigenvalue weighted by Gasteiger charge is 2.09. The van der Waals surface area contributed by atoms with Crippen molar-refractivity contribution >= 4 is 33.2 Å². The van der Waals surface area contributed by atoms with Gasteiger partial charge in [-0.15, -0.1) is 11.3 Å². The van der Waals surface area contributed by atoms with Gasteiger partial charge in [-0.05, 0) is 11.4 Å². The SMILES string of the molecule is Cn1c(Cl)cnc1Cn1cnc2ccsc2c1=O. The molecule has 3 aromatic rings. The first kappa shape index (κ1) is 11.4. The maximum atomic E-state index is 12.2. The van der Waals surface area contributed by atoms with Crippen molar-refractivity contribution in [2.75, 3.05) is 0 Å². The summed E-state index contributed by atoms with van der Waals surface area (Å²) in [6.07, 6.45) is 3.11. The second-order valence-electron chi connectivity index (χ2n) is 3.87. The van der Waals surface area contributed by atoms with Crippen LogP contribution in [0.4, 0.5) is 0 Å². The highest BCUT2D eigenvalue weighted by molar-refractivity contribution is 7.17. The minimum Gasteiger partial charge on any atom is -0.321 e. The van der Waals surface area contributed by atoms with E-state index in [1.807, 2.05) is 18.5 Å². The molecule has 0 amide bonds. The van der Waals surface area contributed by atoms with Crippen molar-refractivity contribution in [2.45, 2.75) is 6.54 Å². The van der Waals surface area contributed by atoms with Gasteiger partial charge in [0.25, 0.3) is 5.56 Å². The number of halogens is 1. The number of thiophene rings is 1. The number of rotatable bonds is 2. The quantitative estimate of drug-likeness (QED) is 0.720. The number of fused-ring (bicyclic) bond motifs is 1. The van der Waals surface area contributed by atoms with Gasteiger partial charge >= 0.3 is 0 Å². The molecule has 5 nitrogen and oxygen atoms in total. The molecule has 0 aromatic carbocycles. The van der Waals surface area contributed by atoms with Gasteiger partial charge in [-0.3, -0.25) is 9.36 Å². The van der Waals surface area contributed by atoms with Gasteiger partial charge in [0.05, 0.1) is 24.6 Å². The fourth-order valence-electron chi connectivity index (χ4n) is 1.72.